The first-order chi connectivity index (χ1) is 11.6. The van der Waals surface area contributed by atoms with Gasteiger partial charge in [0, 0.05) is 6.54 Å². The second kappa shape index (κ2) is 7.60. The Kier molecular flexibility index (Phi) is 5.93. The molecular formula is C18H26BNO5. The van der Waals surface area contributed by atoms with Crippen molar-refractivity contribution >= 4 is 19.2 Å². The molecule has 0 atom stereocenters. The Balaban J connectivity index is 2.16. The molecule has 0 aromatic heterocycles. The predicted molar refractivity (Wildman–Crippen MR) is 97.6 cm³/mol. The van der Waals surface area contributed by atoms with Gasteiger partial charge in [-0.3, -0.25) is 0 Å². The summed E-state index contributed by atoms with van der Waals surface area (Å²) in [6.07, 6.45) is 2.01. The van der Waals surface area contributed by atoms with E-state index in [9.17, 15) is 4.79 Å². The van der Waals surface area contributed by atoms with Gasteiger partial charge in [-0.1, -0.05) is 18.2 Å². The Morgan fingerprint density at radius 2 is 1.76 bits per heavy atom. The fourth-order valence-electron chi connectivity index (χ4n) is 2.42. The molecule has 25 heavy (non-hydrogen) atoms. The van der Waals surface area contributed by atoms with E-state index in [0.717, 1.165) is 11.0 Å². The zero-order valence-corrected chi connectivity index (χ0v) is 15.5. The number of carboxylic acids is 1. The van der Waals surface area contributed by atoms with Gasteiger partial charge in [-0.05, 0) is 57.9 Å². The van der Waals surface area contributed by atoms with E-state index >= 15 is 0 Å². The van der Waals surface area contributed by atoms with Crippen LogP contribution in [0.3, 0.4) is 0 Å². The van der Waals surface area contributed by atoms with E-state index in [-0.39, 0.29) is 17.8 Å². The summed E-state index contributed by atoms with van der Waals surface area (Å²) in [5.74, 6) is -0.480. The average Bonchev–Trinajstić information content (AvgIpc) is 2.74. The molecule has 0 saturated carbocycles. The monoisotopic (exact) mass is 347 g/mol. The Morgan fingerprint density at radius 3 is 2.24 bits per heavy atom. The first-order valence-corrected chi connectivity index (χ1v) is 8.30. The maximum absolute atomic E-state index is 10.5. The third kappa shape index (κ3) is 4.84. The van der Waals surface area contributed by atoms with E-state index in [1.807, 2.05) is 53.0 Å². The van der Waals surface area contributed by atoms with Crippen LogP contribution in [0.1, 0.15) is 33.3 Å². The highest BCUT2D eigenvalue weighted by molar-refractivity contribution is 6.55. The number of likely N-dealkylation sites (N-methyl/N-ethyl adjacent to an activating group) is 1. The third-order valence-electron chi connectivity index (χ3n) is 4.53. The summed E-state index contributed by atoms with van der Waals surface area (Å²) >= 11 is 0. The molecule has 0 unspecified atom stereocenters. The van der Waals surface area contributed by atoms with Crippen LogP contribution >= 0.6 is 0 Å². The highest BCUT2D eigenvalue weighted by Gasteiger charge is 2.52. The van der Waals surface area contributed by atoms with Crippen LogP contribution in [-0.4, -0.2) is 49.6 Å². The summed E-state index contributed by atoms with van der Waals surface area (Å²) in [7, 11) is 1.46. The van der Waals surface area contributed by atoms with Gasteiger partial charge in [-0.2, -0.15) is 0 Å². The Bertz CT molecular complexity index is 623. The van der Waals surface area contributed by atoms with Gasteiger partial charge in [-0.15, -0.1) is 0 Å². The van der Waals surface area contributed by atoms with Crippen LogP contribution in [0.2, 0.25) is 0 Å². The maximum Gasteiger partial charge on any atom is 0.491 e. The predicted octanol–water partition coefficient (Wildman–Crippen LogP) is 2.38. The lowest BCUT2D eigenvalue weighted by Crippen LogP contribution is -2.41. The first kappa shape index (κ1) is 19.5. The Morgan fingerprint density at radius 1 is 1.20 bits per heavy atom. The van der Waals surface area contributed by atoms with Crippen molar-refractivity contribution in [2.75, 3.05) is 20.2 Å². The molecule has 0 spiro atoms. The summed E-state index contributed by atoms with van der Waals surface area (Å²) in [5, 5.41) is 11.8. The van der Waals surface area contributed by atoms with Gasteiger partial charge in [0.25, 0.3) is 0 Å². The summed E-state index contributed by atoms with van der Waals surface area (Å²) in [5.41, 5.74) is 1.17. The molecule has 1 aliphatic heterocycles. The van der Waals surface area contributed by atoms with Gasteiger partial charge in [0.2, 0.25) is 0 Å². The summed E-state index contributed by atoms with van der Waals surface area (Å²) in [4.78, 5) is 10.5. The van der Waals surface area contributed by atoms with E-state index in [1.165, 1.54) is 0 Å². The number of hydrogen-bond acceptors (Lipinski definition) is 5. The summed E-state index contributed by atoms with van der Waals surface area (Å²) in [6.45, 7) is 8.39. The number of ether oxygens (including phenoxy) is 1. The number of carboxylic acid groups (broad SMARTS) is 1. The van der Waals surface area contributed by atoms with Crippen molar-refractivity contribution in [2.45, 2.75) is 38.9 Å². The van der Waals surface area contributed by atoms with Crippen molar-refractivity contribution < 1.29 is 23.9 Å². The molecule has 1 fully saturated rings. The molecule has 1 aromatic rings. The number of rotatable bonds is 7. The fraction of sp³-hybridized carbons (Fsp3) is 0.500. The van der Waals surface area contributed by atoms with Crippen molar-refractivity contribution in [3.63, 3.8) is 0 Å². The lowest BCUT2D eigenvalue weighted by molar-refractivity contribution is -0.139. The van der Waals surface area contributed by atoms with E-state index in [4.69, 9.17) is 19.2 Å². The van der Waals surface area contributed by atoms with Gasteiger partial charge < -0.3 is 24.5 Å². The molecule has 0 aliphatic carbocycles. The molecule has 0 radical (unpaired) electrons. The van der Waals surface area contributed by atoms with Gasteiger partial charge in [0.1, 0.15) is 5.75 Å². The van der Waals surface area contributed by atoms with E-state index in [1.54, 1.807) is 12.1 Å². The Labute approximate surface area is 149 Å². The van der Waals surface area contributed by atoms with E-state index in [0.29, 0.717) is 12.3 Å². The topological polar surface area (TPSA) is 77.0 Å². The standard InChI is InChI=1S/C18H26BNO5/c1-17(2)18(3,4)25-19(24-17)14(11-20-5)10-13-6-8-15(9-7-13)23-12-16(21)22/h6-10,20H,11-12H2,1-5H3,(H,21,22). The molecule has 1 heterocycles. The van der Waals surface area contributed by atoms with Gasteiger partial charge >= 0.3 is 13.1 Å². The minimum absolute atomic E-state index is 0.353. The third-order valence-corrected chi connectivity index (χ3v) is 4.53. The van der Waals surface area contributed by atoms with Crippen molar-refractivity contribution in [1.82, 2.24) is 5.32 Å². The van der Waals surface area contributed by atoms with Crippen molar-refractivity contribution in [2.24, 2.45) is 0 Å². The molecular weight excluding hydrogens is 321 g/mol. The molecule has 1 aromatic carbocycles. The molecule has 1 aliphatic rings. The minimum atomic E-state index is -0.999. The minimum Gasteiger partial charge on any atom is -0.482 e. The van der Waals surface area contributed by atoms with Gasteiger partial charge in [0.05, 0.1) is 11.2 Å². The van der Waals surface area contributed by atoms with Crippen LogP contribution in [0.25, 0.3) is 6.08 Å². The van der Waals surface area contributed by atoms with Gasteiger partial charge in [0.15, 0.2) is 6.61 Å². The van der Waals surface area contributed by atoms with Gasteiger partial charge in [-0.25, -0.2) is 4.79 Å². The van der Waals surface area contributed by atoms with Crippen molar-refractivity contribution in [1.29, 1.82) is 0 Å². The van der Waals surface area contributed by atoms with E-state index in [2.05, 4.69) is 5.32 Å². The molecule has 0 bridgehead atoms. The number of aliphatic carboxylic acids is 1. The van der Waals surface area contributed by atoms with Crippen LogP contribution in [0.4, 0.5) is 0 Å². The van der Waals surface area contributed by atoms with Crippen molar-refractivity contribution in [3.05, 3.63) is 35.3 Å². The van der Waals surface area contributed by atoms with Crippen LogP contribution in [0.15, 0.2) is 29.7 Å². The Hall–Kier alpha value is -1.83. The van der Waals surface area contributed by atoms with Crippen LogP contribution in [0, 0.1) is 0 Å². The molecule has 6 nitrogen and oxygen atoms in total. The quantitative estimate of drug-likeness (QED) is 0.738. The van der Waals surface area contributed by atoms with Crippen LogP contribution in [-0.2, 0) is 14.1 Å². The average molecular weight is 347 g/mol. The molecule has 2 rings (SSSR count). The molecule has 2 N–H and O–H groups in total. The van der Waals surface area contributed by atoms with E-state index < -0.39 is 13.1 Å². The number of nitrogens with one attached hydrogen (secondary N) is 1. The fourth-order valence-corrected chi connectivity index (χ4v) is 2.42. The number of benzene rings is 1. The normalized spacial score (nSPS) is 19.1. The largest absolute Gasteiger partial charge is 0.491 e. The molecule has 7 heteroatoms. The molecule has 1 saturated heterocycles. The van der Waals surface area contributed by atoms with Crippen LogP contribution in [0.5, 0.6) is 5.75 Å². The number of carbonyl (C=O) groups is 1. The zero-order chi connectivity index (χ0) is 18.7. The number of hydrogen-bond donors (Lipinski definition) is 2. The SMILES string of the molecule is CNCC(=Cc1ccc(OCC(=O)O)cc1)B1OC(C)(C)C(C)(C)O1. The highest BCUT2D eigenvalue weighted by Crippen LogP contribution is 2.38. The maximum atomic E-state index is 10.5. The second-order valence-electron chi connectivity index (χ2n) is 7.09. The lowest BCUT2D eigenvalue weighted by atomic mass is 9.77. The first-order valence-electron chi connectivity index (χ1n) is 8.30. The highest BCUT2D eigenvalue weighted by atomic mass is 16.7. The van der Waals surface area contributed by atoms with Crippen LogP contribution < -0.4 is 10.1 Å². The second-order valence-corrected chi connectivity index (χ2v) is 7.09. The smallest absolute Gasteiger partial charge is 0.482 e. The molecule has 0 amide bonds. The summed E-state index contributed by atoms with van der Waals surface area (Å²) in [6, 6.07) is 7.24. The zero-order valence-electron chi connectivity index (χ0n) is 15.5. The summed E-state index contributed by atoms with van der Waals surface area (Å²) < 4.78 is 17.4. The molecule has 136 valence electrons. The van der Waals surface area contributed by atoms with Crippen molar-refractivity contribution in [3.8, 4) is 5.75 Å². The lowest BCUT2D eigenvalue weighted by Gasteiger charge is -2.32.